The second kappa shape index (κ2) is 4.79. The summed E-state index contributed by atoms with van der Waals surface area (Å²) in [5.74, 6) is 2.37. The van der Waals surface area contributed by atoms with Crippen molar-refractivity contribution in [2.75, 3.05) is 0 Å². The minimum Gasteiger partial charge on any atom is -0.291 e. The van der Waals surface area contributed by atoms with Gasteiger partial charge < -0.3 is 0 Å². The van der Waals surface area contributed by atoms with E-state index >= 15 is 0 Å². The van der Waals surface area contributed by atoms with Gasteiger partial charge in [0, 0.05) is 0 Å². The van der Waals surface area contributed by atoms with E-state index in [1.54, 1.807) is 0 Å². The number of carbonyl (C=O) groups is 1. The first-order valence-electron chi connectivity index (χ1n) is 5.32. The molecule has 2 heteroatoms. The summed E-state index contributed by atoms with van der Waals surface area (Å²) < 4.78 is 0. The van der Waals surface area contributed by atoms with Crippen molar-refractivity contribution in [3.05, 3.63) is 0 Å². The summed E-state index contributed by atoms with van der Waals surface area (Å²) in [6, 6.07) is 0. The smallest absolute Gasteiger partial charge is 0.181 e. The maximum absolute atomic E-state index is 12.0. The van der Waals surface area contributed by atoms with Gasteiger partial charge in [-0.1, -0.05) is 41.5 Å². The lowest BCUT2D eigenvalue weighted by Crippen LogP contribution is -2.52. The standard InChI is InChI=1S/C12H22OSi/c1-8-12(13)14(9(2)3,10(4)5)11(6)7/h1,9-11H,2-7H3. The number of carbonyl (C=O) groups excluding carboxylic acids is 1. The average molecular weight is 210 g/mol. The van der Waals surface area contributed by atoms with Crippen molar-refractivity contribution in [2.24, 2.45) is 0 Å². The Bertz CT molecular complexity index is 224. The molecule has 0 radical (unpaired) electrons. The molecular weight excluding hydrogens is 188 g/mol. The van der Waals surface area contributed by atoms with Crippen molar-refractivity contribution >= 4 is 13.5 Å². The van der Waals surface area contributed by atoms with Crippen LogP contribution in [0.5, 0.6) is 0 Å². The Morgan fingerprint density at radius 2 is 1.29 bits per heavy atom. The summed E-state index contributed by atoms with van der Waals surface area (Å²) in [7, 11) is -2.01. The molecule has 0 fully saturated rings. The molecule has 0 aliphatic rings. The van der Waals surface area contributed by atoms with Crippen molar-refractivity contribution in [1.29, 1.82) is 0 Å². The van der Waals surface area contributed by atoms with E-state index in [2.05, 4.69) is 47.5 Å². The zero-order chi connectivity index (χ0) is 11.5. The van der Waals surface area contributed by atoms with E-state index in [9.17, 15) is 4.79 Å². The third-order valence-electron chi connectivity index (χ3n) is 3.39. The highest BCUT2D eigenvalue weighted by Gasteiger charge is 2.48. The van der Waals surface area contributed by atoms with Gasteiger partial charge in [-0.05, 0) is 22.5 Å². The van der Waals surface area contributed by atoms with Crippen molar-refractivity contribution in [2.45, 2.75) is 58.2 Å². The van der Waals surface area contributed by atoms with E-state index in [1.165, 1.54) is 0 Å². The predicted molar refractivity (Wildman–Crippen MR) is 64.9 cm³/mol. The lowest BCUT2D eigenvalue weighted by atomic mass is 10.5. The topological polar surface area (TPSA) is 17.1 Å². The van der Waals surface area contributed by atoms with Gasteiger partial charge in [-0.25, -0.2) is 0 Å². The average Bonchev–Trinajstić information content (AvgIpc) is 2.02. The van der Waals surface area contributed by atoms with Gasteiger partial charge in [-0.3, -0.25) is 4.79 Å². The first kappa shape index (κ1) is 13.4. The van der Waals surface area contributed by atoms with Crippen molar-refractivity contribution in [3.63, 3.8) is 0 Å². The van der Waals surface area contributed by atoms with Gasteiger partial charge in [-0.15, -0.1) is 6.42 Å². The molecule has 0 spiro atoms. The van der Waals surface area contributed by atoms with Crippen molar-refractivity contribution in [3.8, 4) is 12.3 Å². The van der Waals surface area contributed by atoms with Crippen LogP contribution in [0.15, 0.2) is 0 Å². The number of hydrogen-bond acceptors (Lipinski definition) is 1. The first-order chi connectivity index (χ1) is 6.31. The number of terminal acetylenes is 1. The van der Waals surface area contributed by atoms with Crippen LogP contribution in [0.3, 0.4) is 0 Å². The molecule has 0 aromatic heterocycles. The fourth-order valence-electron chi connectivity index (χ4n) is 2.91. The molecule has 0 aromatic carbocycles. The summed E-state index contributed by atoms with van der Waals surface area (Å²) in [5, 5.41) is 0.0949. The van der Waals surface area contributed by atoms with E-state index in [-0.39, 0.29) is 5.41 Å². The highest BCUT2D eigenvalue weighted by Crippen LogP contribution is 2.41. The normalized spacial score (nSPS) is 12.3. The van der Waals surface area contributed by atoms with Crippen LogP contribution >= 0.6 is 0 Å². The Kier molecular flexibility index (Phi) is 4.60. The van der Waals surface area contributed by atoms with Crippen molar-refractivity contribution < 1.29 is 4.79 Å². The molecule has 0 aliphatic heterocycles. The zero-order valence-corrected chi connectivity index (χ0v) is 11.2. The van der Waals surface area contributed by atoms with Crippen LogP contribution in [0.4, 0.5) is 0 Å². The Morgan fingerprint density at radius 3 is 1.36 bits per heavy atom. The molecule has 0 N–H and O–H groups in total. The minimum absolute atomic E-state index is 0.0949. The molecule has 0 unspecified atom stereocenters. The second-order valence-corrected chi connectivity index (χ2v) is 10.7. The summed E-state index contributed by atoms with van der Waals surface area (Å²) in [4.78, 5) is 12.0. The lowest BCUT2D eigenvalue weighted by Gasteiger charge is -2.39. The molecule has 0 aliphatic carbocycles. The molecule has 0 saturated heterocycles. The fraction of sp³-hybridized carbons (Fsp3) is 0.750. The quantitative estimate of drug-likeness (QED) is 0.513. The fourth-order valence-corrected chi connectivity index (χ4v) is 8.73. The third-order valence-corrected chi connectivity index (χ3v) is 10.1. The van der Waals surface area contributed by atoms with Gasteiger partial charge in [-0.2, -0.15) is 0 Å². The molecule has 14 heavy (non-hydrogen) atoms. The summed E-state index contributed by atoms with van der Waals surface area (Å²) in [6.07, 6.45) is 5.31. The van der Waals surface area contributed by atoms with Crippen LogP contribution < -0.4 is 0 Å². The molecule has 0 bridgehead atoms. The van der Waals surface area contributed by atoms with Gasteiger partial charge in [0.1, 0.15) is 0 Å². The maximum atomic E-state index is 12.0. The molecule has 0 heterocycles. The van der Waals surface area contributed by atoms with Gasteiger partial charge >= 0.3 is 0 Å². The summed E-state index contributed by atoms with van der Waals surface area (Å²) >= 11 is 0. The molecule has 0 rings (SSSR count). The van der Waals surface area contributed by atoms with E-state index in [0.29, 0.717) is 16.6 Å². The molecule has 80 valence electrons. The summed E-state index contributed by atoms with van der Waals surface area (Å²) in [5.41, 5.74) is 1.27. The molecule has 0 saturated carbocycles. The highest BCUT2D eigenvalue weighted by molar-refractivity contribution is 7.10. The van der Waals surface area contributed by atoms with E-state index < -0.39 is 8.07 Å². The summed E-state index contributed by atoms with van der Waals surface area (Å²) in [6.45, 7) is 12.8. The molecular formula is C12H22OSi. The van der Waals surface area contributed by atoms with Crippen LogP contribution in [-0.2, 0) is 4.79 Å². The Balaban J connectivity index is 5.41. The van der Waals surface area contributed by atoms with Crippen LogP contribution in [0.1, 0.15) is 41.5 Å². The van der Waals surface area contributed by atoms with Gasteiger partial charge in [0.25, 0.3) is 0 Å². The Morgan fingerprint density at radius 1 is 1.00 bits per heavy atom. The van der Waals surface area contributed by atoms with E-state index in [4.69, 9.17) is 6.42 Å². The minimum atomic E-state index is -2.01. The largest absolute Gasteiger partial charge is 0.291 e. The Hall–Kier alpha value is -0.553. The van der Waals surface area contributed by atoms with Crippen LogP contribution in [0, 0.1) is 12.3 Å². The van der Waals surface area contributed by atoms with Crippen LogP contribution in [0.2, 0.25) is 16.6 Å². The zero-order valence-electron chi connectivity index (χ0n) is 10.2. The first-order valence-corrected chi connectivity index (χ1v) is 7.55. The van der Waals surface area contributed by atoms with Crippen molar-refractivity contribution in [1.82, 2.24) is 0 Å². The molecule has 0 amide bonds. The van der Waals surface area contributed by atoms with Crippen LogP contribution in [-0.4, -0.2) is 13.5 Å². The number of rotatable bonds is 4. The molecule has 0 aromatic rings. The lowest BCUT2D eigenvalue weighted by molar-refractivity contribution is -0.108. The monoisotopic (exact) mass is 210 g/mol. The highest BCUT2D eigenvalue weighted by atomic mass is 28.3. The third kappa shape index (κ3) is 1.93. The SMILES string of the molecule is C#CC(=O)[Si](C(C)C)(C(C)C)C(C)C. The second-order valence-electron chi connectivity index (χ2n) is 4.87. The van der Waals surface area contributed by atoms with Gasteiger partial charge in [0.15, 0.2) is 13.5 Å². The molecule has 0 atom stereocenters. The van der Waals surface area contributed by atoms with E-state index in [0.717, 1.165) is 0 Å². The Labute approximate surface area is 89.3 Å². The van der Waals surface area contributed by atoms with Gasteiger partial charge in [0.05, 0.1) is 0 Å². The van der Waals surface area contributed by atoms with E-state index in [1.807, 2.05) is 0 Å². The predicted octanol–water partition coefficient (Wildman–Crippen LogP) is 3.41. The number of hydrogen-bond donors (Lipinski definition) is 0. The van der Waals surface area contributed by atoms with Gasteiger partial charge in [0.2, 0.25) is 0 Å². The maximum Gasteiger partial charge on any atom is 0.181 e. The van der Waals surface area contributed by atoms with Crippen LogP contribution in [0.25, 0.3) is 0 Å². The molecule has 1 nitrogen and oxygen atoms in total.